The molecule has 0 radical (unpaired) electrons. The molecule has 1 aromatic heterocycles. The van der Waals surface area contributed by atoms with Gasteiger partial charge < -0.3 is 4.98 Å². The Kier molecular flexibility index (Phi) is 5.43. The van der Waals surface area contributed by atoms with Crippen molar-refractivity contribution in [3.63, 3.8) is 0 Å². The number of hydrogen-bond acceptors (Lipinski definition) is 3. The van der Waals surface area contributed by atoms with Crippen LogP contribution < -0.4 is 5.56 Å². The zero-order valence-corrected chi connectivity index (χ0v) is 13.9. The van der Waals surface area contributed by atoms with Crippen LogP contribution in [0.15, 0.2) is 44.5 Å². The fourth-order valence-electron chi connectivity index (χ4n) is 1.84. The highest BCUT2D eigenvalue weighted by Gasteiger charge is 2.05. The summed E-state index contributed by atoms with van der Waals surface area (Å²) in [6, 6.07) is 9.70. The normalized spacial score (nSPS) is 11.0. The third-order valence-electron chi connectivity index (χ3n) is 2.65. The largest absolute Gasteiger partial charge is 0.310 e. The van der Waals surface area contributed by atoms with Gasteiger partial charge in [-0.2, -0.15) is 0 Å². The smallest absolute Gasteiger partial charge is 0.251 e. The lowest BCUT2D eigenvalue weighted by Crippen LogP contribution is -2.13. The van der Waals surface area contributed by atoms with Crippen LogP contribution in [0.4, 0.5) is 0 Å². The Morgan fingerprint density at radius 3 is 2.65 bits per heavy atom. The van der Waals surface area contributed by atoms with Crippen molar-refractivity contribution in [1.82, 2.24) is 9.97 Å². The van der Waals surface area contributed by atoms with E-state index in [1.54, 1.807) is 17.8 Å². The molecule has 3 nitrogen and oxygen atoms in total. The van der Waals surface area contributed by atoms with Crippen LogP contribution in [-0.4, -0.2) is 9.97 Å². The summed E-state index contributed by atoms with van der Waals surface area (Å²) < 4.78 is 1.06. The van der Waals surface area contributed by atoms with Crippen molar-refractivity contribution in [2.75, 3.05) is 0 Å². The van der Waals surface area contributed by atoms with Gasteiger partial charge in [0.1, 0.15) is 5.82 Å². The van der Waals surface area contributed by atoms with Crippen LogP contribution in [-0.2, 0) is 12.2 Å². The van der Waals surface area contributed by atoms with Gasteiger partial charge in [-0.15, -0.1) is 11.8 Å². The summed E-state index contributed by atoms with van der Waals surface area (Å²) in [5, 5.41) is 0. The van der Waals surface area contributed by atoms with E-state index in [-0.39, 0.29) is 5.56 Å². The van der Waals surface area contributed by atoms with E-state index in [4.69, 9.17) is 0 Å². The van der Waals surface area contributed by atoms with E-state index in [0.717, 1.165) is 27.3 Å². The molecular formula is C15H17BrN2OS. The van der Waals surface area contributed by atoms with Crippen LogP contribution in [0.2, 0.25) is 0 Å². The average molecular weight is 353 g/mol. The van der Waals surface area contributed by atoms with Gasteiger partial charge in [-0.1, -0.05) is 29.8 Å². The van der Waals surface area contributed by atoms with E-state index in [1.807, 2.05) is 24.3 Å². The standard InChI is InChI=1S/C15H17BrN2OS/c1-10(2)7-12-8-15(19)18-14(17-12)9-20-13-5-3-11(16)4-6-13/h3-6,8,10H,7,9H2,1-2H3,(H,17,18,19). The number of nitrogens with one attached hydrogen (secondary N) is 1. The predicted octanol–water partition coefficient (Wildman–Crippen LogP) is 4.02. The van der Waals surface area contributed by atoms with E-state index < -0.39 is 0 Å². The second-order valence-electron chi connectivity index (χ2n) is 5.02. The third-order valence-corrected chi connectivity index (χ3v) is 4.20. The summed E-state index contributed by atoms with van der Waals surface area (Å²) in [7, 11) is 0. The maximum atomic E-state index is 11.6. The van der Waals surface area contributed by atoms with Gasteiger partial charge in [-0.25, -0.2) is 4.98 Å². The molecule has 0 aliphatic rings. The van der Waals surface area contributed by atoms with Crippen LogP contribution in [0.3, 0.4) is 0 Å². The Morgan fingerprint density at radius 1 is 1.30 bits per heavy atom. The zero-order chi connectivity index (χ0) is 14.5. The molecule has 5 heteroatoms. The minimum atomic E-state index is -0.0675. The minimum Gasteiger partial charge on any atom is -0.310 e. The van der Waals surface area contributed by atoms with Gasteiger partial charge in [0.15, 0.2) is 0 Å². The van der Waals surface area contributed by atoms with Gasteiger partial charge >= 0.3 is 0 Å². The van der Waals surface area contributed by atoms with Crippen LogP contribution in [0.1, 0.15) is 25.4 Å². The van der Waals surface area contributed by atoms with E-state index in [0.29, 0.717) is 11.7 Å². The second-order valence-corrected chi connectivity index (χ2v) is 6.99. The van der Waals surface area contributed by atoms with E-state index in [2.05, 4.69) is 39.7 Å². The van der Waals surface area contributed by atoms with Crippen molar-refractivity contribution in [2.45, 2.75) is 30.9 Å². The van der Waals surface area contributed by atoms with Crippen LogP contribution in [0.25, 0.3) is 0 Å². The lowest BCUT2D eigenvalue weighted by molar-refractivity contribution is 0.630. The van der Waals surface area contributed by atoms with E-state index in [9.17, 15) is 4.79 Å². The molecule has 106 valence electrons. The maximum Gasteiger partial charge on any atom is 0.251 e. The van der Waals surface area contributed by atoms with Crippen LogP contribution in [0, 0.1) is 5.92 Å². The molecule has 0 saturated heterocycles. The molecule has 0 atom stereocenters. The highest BCUT2D eigenvalue weighted by atomic mass is 79.9. The number of thioether (sulfide) groups is 1. The molecule has 1 N–H and O–H groups in total. The van der Waals surface area contributed by atoms with Crippen LogP contribution in [0.5, 0.6) is 0 Å². The minimum absolute atomic E-state index is 0.0675. The lowest BCUT2D eigenvalue weighted by atomic mass is 10.1. The Labute approximate surface area is 131 Å². The van der Waals surface area contributed by atoms with Gasteiger partial charge in [0.05, 0.1) is 5.75 Å². The fourth-order valence-corrected chi connectivity index (χ4v) is 2.87. The van der Waals surface area contributed by atoms with Crippen molar-refractivity contribution < 1.29 is 0 Å². The topological polar surface area (TPSA) is 45.8 Å². The first-order valence-electron chi connectivity index (χ1n) is 6.50. The molecule has 1 heterocycles. The SMILES string of the molecule is CC(C)Cc1cc(=O)[nH]c(CSc2ccc(Br)cc2)n1. The van der Waals surface area contributed by atoms with Gasteiger partial charge in [0, 0.05) is 21.1 Å². The molecule has 1 aromatic carbocycles. The molecular weight excluding hydrogens is 336 g/mol. The quantitative estimate of drug-likeness (QED) is 0.826. The number of nitrogens with zero attached hydrogens (tertiary/aromatic N) is 1. The van der Waals surface area contributed by atoms with Crippen molar-refractivity contribution in [3.8, 4) is 0 Å². The maximum absolute atomic E-state index is 11.6. The van der Waals surface area contributed by atoms with Gasteiger partial charge in [-0.3, -0.25) is 4.79 Å². The lowest BCUT2D eigenvalue weighted by Gasteiger charge is -2.06. The summed E-state index contributed by atoms with van der Waals surface area (Å²) in [5.41, 5.74) is 0.803. The van der Waals surface area contributed by atoms with Gasteiger partial charge in [0.25, 0.3) is 5.56 Å². The summed E-state index contributed by atoms with van der Waals surface area (Å²) >= 11 is 5.08. The molecule has 0 spiro atoms. The Morgan fingerprint density at radius 2 is 2.00 bits per heavy atom. The van der Waals surface area contributed by atoms with Gasteiger partial charge in [-0.05, 0) is 36.6 Å². The monoisotopic (exact) mass is 352 g/mol. The first-order valence-corrected chi connectivity index (χ1v) is 8.28. The molecule has 0 unspecified atom stereocenters. The number of hydrogen-bond donors (Lipinski definition) is 1. The molecule has 0 saturated carbocycles. The van der Waals surface area contributed by atoms with Crippen molar-refractivity contribution in [2.24, 2.45) is 5.92 Å². The first-order chi connectivity index (χ1) is 9.52. The molecule has 2 rings (SSSR count). The summed E-state index contributed by atoms with van der Waals surface area (Å²) in [6.45, 7) is 4.25. The molecule has 2 aromatic rings. The zero-order valence-electron chi connectivity index (χ0n) is 11.5. The summed E-state index contributed by atoms with van der Waals surface area (Å²) in [4.78, 5) is 20.1. The van der Waals surface area contributed by atoms with Crippen molar-refractivity contribution in [1.29, 1.82) is 0 Å². The Balaban J connectivity index is 2.07. The van der Waals surface area contributed by atoms with Crippen molar-refractivity contribution >= 4 is 27.7 Å². The van der Waals surface area contributed by atoms with E-state index in [1.165, 1.54) is 0 Å². The number of aromatic nitrogens is 2. The van der Waals surface area contributed by atoms with E-state index >= 15 is 0 Å². The van der Waals surface area contributed by atoms with Crippen molar-refractivity contribution in [3.05, 3.63) is 56.7 Å². The Hall–Kier alpha value is -1.07. The third kappa shape index (κ3) is 4.80. The fraction of sp³-hybridized carbons (Fsp3) is 0.333. The van der Waals surface area contributed by atoms with Gasteiger partial charge in [0.2, 0.25) is 0 Å². The molecule has 0 bridgehead atoms. The molecule has 0 aliphatic carbocycles. The highest BCUT2D eigenvalue weighted by molar-refractivity contribution is 9.10. The predicted molar refractivity (Wildman–Crippen MR) is 87.1 cm³/mol. The number of aromatic amines is 1. The van der Waals surface area contributed by atoms with Crippen LogP contribution >= 0.6 is 27.7 Å². The Bertz CT molecular complexity index is 623. The highest BCUT2D eigenvalue weighted by Crippen LogP contribution is 2.23. The number of benzene rings is 1. The number of rotatable bonds is 5. The average Bonchev–Trinajstić information content (AvgIpc) is 2.36. The molecule has 0 aliphatic heterocycles. The summed E-state index contributed by atoms with van der Waals surface area (Å²) in [5.74, 6) is 1.90. The molecule has 0 amide bonds. The number of halogens is 1. The number of H-pyrrole nitrogens is 1. The molecule has 0 fully saturated rings. The first kappa shape index (κ1) is 15.3. The second kappa shape index (κ2) is 7.09. The summed E-state index contributed by atoms with van der Waals surface area (Å²) in [6.07, 6.45) is 0.833. The molecule has 20 heavy (non-hydrogen) atoms.